The predicted molar refractivity (Wildman–Crippen MR) is 65.2 cm³/mol. The fourth-order valence-electron chi connectivity index (χ4n) is 3.12. The minimum Gasteiger partial charge on any atom is -0.350 e. The third-order valence-corrected chi connectivity index (χ3v) is 4.07. The number of aryl methyl sites for hydroxylation is 1. The number of hydrogen-bond donors (Lipinski definition) is 1. The highest BCUT2D eigenvalue weighted by Crippen LogP contribution is 2.45. The molecular weight excluding hydrogens is 196 g/mol. The van der Waals surface area contributed by atoms with Crippen molar-refractivity contribution >= 4 is 10.9 Å². The summed E-state index contributed by atoms with van der Waals surface area (Å²) < 4.78 is 2.27. The highest BCUT2D eigenvalue weighted by atomic mass is 15.0. The van der Waals surface area contributed by atoms with E-state index in [1.165, 1.54) is 34.9 Å². The average molecular weight is 212 g/mol. The molecule has 1 atom stereocenters. The molecule has 0 amide bonds. The van der Waals surface area contributed by atoms with Gasteiger partial charge in [-0.15, -0.1) is 0 Å². The van der Waals surface area contributed by atoms with Gasteiger partial charge in [-0.1, -0.05) is 12.1 Å². The van der Waals surface area contributed by atoms with Crippen LogP contribution in [0.15, 0.2) is 24.4 Å². The second-order valence-electron chi connectivity index (χ2n) is 5.20. The summed E-state index contributed by atoms with van der Waals surface area (Å²) in [7, 11) is 2.16. The Hall–Kier alpha value is -1.28. The third kappa shape index (κ3) is 1.05. The highest BCUT2D eigenvalue weighted by molar-refractivity contribution is 5.88. The summed E-state index contributed by atoms with van der Waals surface area (Å²) in [5.74, 6) is 0.888. The van der Waals surface area contributed by atoms with Crippen LogP contribution in [0.2, 0.25) is 0 Å². The van der Waals surface area contributed by atoms with Gasteiger partial charge >= 0.3 is 0 Å². The second kappa shape index (κ2) is 2.89. The maximum absolute atomic E-state index is 3.70. The molecule has 2 nitrogen and oxygen atoms in total. The van der Waals surface area contributed by atoms with Gasteiger partial charge in [-0.3, -0.25) is 0 Å². The Morgan fingerprint density at radius 3 is 3.00 bits per heavy atom. The van der Waals surface area contributed by atoms with Crippen molar-refractivity contribution in [1.29, 1.82) is 0 Å². The van der Waals surface area contributed by atoms with Gasteiger partial charge in [0.15, 0.2) is 0 Å². The van der Waals surface area contributed by atoms with E-state index in [2.05, 4.69) is 41.3 Å². The van der Waals surface area contributed by atoms with Crippen LogP contribution in [-0.2, 0) is 13.6 Å². The third-order valence-electron chi connectivity index (χ3n) is 4.07. The summed E-state index contributed by atoms with van der Waals surface area (Å²) in [4.78, 5) is 0. The van der Waals surface area contributed by atoms with Crippen molar-refractivity contribution in [1.82, 2.24) is 9.88 Å². The zero-order valence-corrected chi connectivity index (χ0v) is 9.53. The normalized spacial score (nSPS) is 23.9. The van der Waals surface area contributed by atoms with Crippen LogP contribution in [0.1, 0.15) is 30.0 Å². The molecule has 2 aliphatic rings. The average Bonchev–Trinajstić information content (AvgIpc) is 3.07. The molecule has 0 saturated heterocycles. The van der Waals surface area contributed by atoms with Crippen molar-refractivity contribution in [2.45, 2.75) is 25.4 Å². The van der Waals surface area contributed by atoms with Crippen LogP contribution in [0, 0.1) is 5.92 Å². The largest absolute Gasteiger partial charge is 0.350 e. The van der Waals surface area contributed by atoms with Gasteiger partial charge in [0.25, 0.3) is 0 Å². The van der Waals surface area contributed by atoms with Crippen molar-refractivity contribution in [2.75, 3.05) is 0 Å². The van der Waals surface area contributed by atoms with Crippen LogP contribution in [0.5, 0.6) is 0 Å². The van der Waals surface area contributed by atoms with Crippen LogP contribution in [-0.4, -0.2) is 4.57 Å². The first-order chi connectivity index (χ1) is 7.84. The van der Waals surface area contributed by atoms with Crippen molar-refractivity contribution < 1.29 is 0 Å². The zero-order chi connectivity index (χ0) is 10.7. The Kier molecular flexibility index (Phi) is 1.59. The molecular formula is C14H16N2. The molecule has 1 aliphatic heterocycles. The lowest BCUT2D eigenvalue weighted by Gasteiger charge is -2.24. The molecule has 82 valence electrons. The first kappa shape index (κ1) is 8.82. The van der Waals surface area contributed by atoms with Crippen molar-refractivity contribution in [2.24, 2.45) is 13.0 Å². The second-order valence-corrected chi connectivity index (χ2v) is 5.20. The molecule has 1 unspecified atom stereocenters. The van der Waals surface area contributed by atoms with E-state index in [-0.39, 0.29) is 0 Å². The topological polar surface area (TPSA) is 17.0 Å². The summed E-state index contributed by atoms with van der Waals surface area (Å²) in [6, 6.07) is 7.26. The van der Waals surface area contributed by atoms with Crippen LogP contribution in [0.25, 0.3) is 10.9 Å². The number of aromatic nitrogens is 1. The molecule has 1 aromatic heterocycles. The molecule has 1 aromatic carbocycles. The predicted octanol–water partition coefficient (Wildman–Crippen LogP) is 2.73. The number of nitrogens with zero attached hydrogens (tertiary/aromatic N) is 1. The Balaban J connectivity index is 2.03. The number of rotatable bonds is 1. The van der Waals surface area contributed by atoms with E-state index in [9.17, 15) is 0 Å². The number of hydrogen-bond acceptors (Lipinski definition) is 1. The first-order valence-electron chi connectivity index (χ1n) is 6.15. The Labute approximate surface area is 95.3 Å². The standard InChI is InChI=1S/C14H16N2/c1-16-8-11-13-10(3-2-4-12(13)16)7-15-14(11)9-5-6-9/h2-4,8-9,14-15H,5-7H2,1H3. The van der Waals surface area contributed by atoms with Crippen LogP contribution in [0.4, 0.5) is 0 Å². The monoisotopic (exact) mass is 212 g/mol. The molecule has 1 aliphatic carbocycles. The minimum atomic E-state index is 0.610. The number of nitrogens with one attached hydrogen (secondary N) is 1. The molecule has 16 heavy (non-hydrogen) atoms. The summed E-state index contributed by atoms with van der Waals surface area (Å²) in [6.07, 6.45) is 5.12. The lowest BCUT2D eigenvalue weighted by Crippen LogP contribution is -2.26. The Bertz CT molecular complexity index is 563. The van der Waals surface area contributed by atoms with Crippen molar-refractivity contribution in [3.8, 4) is 0 Å². The molecule has 2 heteroatoms. The molecule has 4 rings (SSSR count). The van der Waals surface area contributed by atoms with Crippen LogP contribution in [0.3, 0.4) is 0 Å². The van der Waals surface area contributed by atoms with Crippen molar-refractivity contribution in [3.63, 3.8) is 0 Å². The van der Waals surface area contributed by atoms with E-state index >= 15 is 0 Å². The van der Waals surface area contributed by atoms with Gasteiger partial charge in [-0.25, -0.2) is 0 Å². The van der Waals surface area contributed by atoms with E-state index in [1.54, 1.807) is 0 Å². The van der Waals surface area contributed by atoms with Gasteiger partial charge < -0.3 is 9.88 Å². The van der Waals surface area contributed by atoms with Crippen LogP contribution >= 0.6 is 0 Å². The minimum absolute atomic E-state index is 0.610. The maximum atomic E-state index is 3.70. The SMILES string of the molecule is Cn1cc2c3c(cccc31)CNC2C1CC1. The summed E-state index contributed by atoms with van der Waals surface area (Å²) in [6.45, 7) is 1.04. The molecule has 1 fully saturated rings. The summed E-state index contributed by atoms with van der Waals surface area (Å²) in [5.41, 5.74) is 4.38. The molecule has 2 aromatic rings. The lowest BCUT2D eigenvalue weighted by atomic mass is 9.94. The molecule has 1 saturated carbocycles. The number of benzene rings is 1. The Morgan fingerprint density at radius 1 is 1.31 bits per heavy atom. The molecule has 0 radical (unpaired) electrons. The molecule has 0 spiro atoms. The summed E-state index contributed by atoms with van der Waals surface area (Å²) >= 11 is 0. The first-order valence-corrected chi connectivity index (χ1v) is 6.15. The fraction of sp³-hybridized carbons (Fsp3) is 0.429. The lowest BCUT2D eigenvalue weighted by molar-refractivity contribution is 0.474. The van der Waals surface area contributed by atoms with E-state index < -0.39 is 0 Å². The smallest absolute Gasteiger partial charge is 0.0484 e. The van der Waals surface area contributed by atoms with E-state index in [0.29, 0.717) is 6.04 Å². The fourth-order valence-corrected chi connectivity index (χ4v) is 3.12. The molecule has 1 N–H and O–H groups in total. The van der Waals surface area contributed by atoms with Gasteiger partial charge in [0, 0.05) is 36.7 Å². The van der Waals surface area contributed by atoms with E-state index in [4.69, 9.17) is 0 Å². The maximum Gasteiger partial charge on any atom is 0.0484 e. The quantitative estimate of drug-likeness (QED) is 0.769. The van der Waals surface area contributed by atoms with Gasteiger partial charge in [-0.05, 0) is 36.0 Å². The zero-order valence-electron chi connectivity index (χ0n) is 9.53. The van der Waals surface area contributed by atoms with Gasteiger partial charge in [0.2, 0.25) is 0 Å². The summed E-state index contributed by atoms with van der Waals surface area (Å²) in [5, 5.41) is 5.21. The Morgan fingerprint density at radius 2 is 2.19 bits per heavy atom. The van der Waals surface area contributed by atoms with Gasteiger partial charge in [-0.2, -0.15) is 0 Å². The van der Waals surface area contributed by atoms with Crippen molar-refractivity contribution in [3.05, 3.63) is 35.5 Å². The van der Waals surface area contributed by atoms with E-state index in [0.717, 1.165) is 12.5 Å². The van der Waals surface area contributed by atoms with Gasteiger partial charge in [0.05, 0.1) is 0 Å². The molecule has 2 heterocycles. The van der Waals surface area contributed by atoms with Gasteiger partial charge in [0.1, 0.15) is 0 Å². The van der Waals surface area contributed by atoms with E-state index in [1.807, 2.05) is 0 Å². The highest BCUT2D eigenvalue weighted by Gasteiger charge is 2.35. The molecule has 0 bridgehead atoms. The van der Waals surface area contributed by atoms with Crippen LogP contribution < -0.4 is 5.32 Å².